The van der Waals surface area contributed by atoms with E-state index in [1.165, 1.54) is 0 Å². The van der Waals surface area contributed by atoms with Gasteiger partial charge in [-0.3, -0.25) is 9.78 Å². The Morgan fingerprint density at radius 3 is 2.56 bits per heavy atom. The first kappa shape index (κ1) is 33.7. The number of aliphatic hydroxyl groups excluding tert-OH is 1. The van der Waals surface area contributed by atoms with Gasteiger partial charge in [-0.15, -0.1) is 0 Å². The highest BCUT2D eigenvalue weighted by Gasteiger charge is 2.25. The van der Waals surface area contributed by atoms with E-state index in [4.69, 9.17) is 24.4 Å². The van der Waals surface area contributed by atoms with E-state index in [0.717, 1.165) is 60.9 Å². The summed E-state index contributed by atoms with van der Waals surface area (Å²) < 4.78 is 10.9. The molecule has 0 aliphatic heterocycles. The molecule has 4 rings (SSSR count). The van der Waals surface area contributed by atoms with E-state index in [0.29, 0.717) is 47.4 Å². The predicted molar refractivity (Wildman–Crippen MR) is 180 cm³/mol. The van der Waals surface area contributed by atoms with Crippen molar-refractivity contribution in [3.8, 4) is 22.6 Å². The average molecular weight is 618 g/mol. The van der Waals surface area contributed by atoms with Gasteiger partial charge in [0.1, 0.15) is 17.0 Å². The summed E-state index contributed by atoms with van der Waals surface area (Å²) in [5.41, 5.74) is 3.91. The normalized spacial score (nSPS) is 12.7. The lowest BCUT2D eigenvalue weighted by Crippen LogP contribution is -2.39. The zero-order valence-electron chi connectivity index (χ0n) is 27.4. The number of aromatic amines is 1. The SMILES string of the molecule is CCCCN(C)Cc1c[nH]c(=O)cc1-c1cnc2c(N[C@@](C)(CO)CCCC)nc(NCc3ccc(OC)cc3OC)nc2c1. The van der Waals surface area contributed by atoms with Crippen LogP contribution in [-0.2, 0) is 13.1 Å². The number of H-pyrrole nitrogens is 1. The van der Waals surface area contributed by atoms with Crippen molar-refractivity contribution in [2.75, 3.05) is 45.1 Å². The quantitative estimate of drug-likeness (QED) is 0.119. The van der Waals surface area contributed by atoms with Gasteiger partial charge in [0.05, 0.1) is 31.9 Å². The monoisotopic (exact) mass is 617 g/mol. The molecule has 1 atom stereocenters. The van der Waals surface area contributed by atoms with Gasteiger partial charge in [0.15, 0.2) is 5.82 Å². The topological polar surface area (TPSA) is 138 Å². The molecular formula is C34H47N7O4. The number of unbranched alkanes of at least 4 members (excludes halogenated alkanes) is 2. The number of fused-ring (bicyclic) bond motifs is 1. The van der Waals surface area contributed by atoms with Crippen molar-refractivity contribution < 1.29 is 14.6 Å². The van der Waals surface area contributed by atoms with Crippen molar-refractivity contribution in [3.05, 3.63) is 64.2 Å². The Bertz CT molecular complexity index is 1630. The summed E-state index contributed by atoms with van der Waals surface area (Å²) in [6.45, 7) is 8.27. The fraction of sp³-hybridized carbons (Fsp3) is 0.471. The number of anilines is 2. The number of nitrogens with one attached hydrogen (secondary N) is 3. The van der Waals surface area contributed by atoms with Gasteiger partial charge in [0, 0.05) is 48.7 Å². The second-order valence-corrected chi connectivity index (χ2v) is 11.8. The number of hydrogen-bond donors (Lipinski definition) is 4. The van der Waals surface area contributed by atoms with E-state index in [1.807, 2.05) is 31.2 Å². The fourth-order valence-corrected chi connectivity index (χ4v) is 5.24. The minimum Gasteiger partial charge on any atom is -0.497 e. The molecule has 0 unspecified atom stereocenters. The lowest BCUT2D eigenvalue weighted by Gasteiger charge is -2.29. The second kappa shape index (κ2) is 15.7. The predicted octanol–water partition coefficient (Wildman–Crippen LogP) is 5.59. The molecule has 0 spiro atoms. The van der Waals surface area contributed by atoms with Crippen molar-refractivity contribution in [1.29, 1.82) is 0 Å². The van der Waals surface area contributed by atoms with Gasteiger partial charge >= 0.3 is 0 Å². The molecule has 0 aliphatic carbocycles. The number of aliphatic hydroxyl groups is 1. The van der Waals surface area contributed by atoms with Gasteiger partial charge in [0.25, 0.3) is 0 Å². The van der Waals surface area contributed by atoms with Crippen LogP contribution in [0.2, 0.25) is 0 Å². The van der Waals surface area contributed by atoms with E-state index in [1.54, 1.807) is 32.7 Å². The Kier molecular flexibility index (Phi) is 11.7. The van der Waals surface area contributed by atoms with Crippen LogP contribution in [0.25, 0.3) is 22.2 Å². The molecule has 1 aromatic carbocycles. The zero-order valence-corrected chi connectivity index (χ0v) is 27.4. The molecule has 242 valence electrons. The molecule has 0 saturated carbocycles. The van der Waals surface area contributed by atoms with Gasteiger partial charge in [-0.25, -0.2) is 4.98 Å². The van der Waals surface area contributed by atoms with Crippen LogP contribution < -0.4 is 25.7 Å². The van der Waals surface area contributed by atoms with Crippen molar-refractivity contribution in [2.24, 2.45) is 0 Å². The van der Waals surface area contributed by atoms with Crippen LogP contribution >= 0.6 is 0 Å². The van der Waals surface area contributed by atoms with Gasteiger partial charge in [-0.05, 0) is 62.7 Å². The summed E-state index contributed by atoms with van der Waals surface area (Å²) >= 11 is 0. The number of nitrogens with zero attached hydrogens (tertiary/aromatic N) is 4. The van der Waals surface area contributed by atoms with Crippen LogP contribution in [0.4, 0.5) is 11.8 Å². The Labute approximate surface area is 265 Å². The highest BCUT2D eigenvalue weighted by Crippen LogP contribution is 2.31. The molecule has 0 radical (unpaired) electrons. The molecule has 0 saturated heterocycles. The number of benzene rings is 1. The Morgan fingerprint density at radius 2 is 1.84 bits per heavy atom. The van der Waals surface area contributed by atoms with E-state index in [-0.39, 0.29) is 12.2 Å². The molecule has 0 fully saturated rings. The third-order valence-electron chi connectivity index (χ3n) is 7.97. The summed E-state index contributed by atoms with van der Waals surface area (Å²) in [6, 6.07) is 9.21. The molecule has 0 bridgehead atoms. The molecule has 0 amide bonds. The van der Waals surface area contributed by atoms with Crippen molar-refractivity contribution in [1.82, 2.24) is 24.8 Å². The first-order chi connectivity index (χ1) is 21.7. The molecule has 11 nitrogen and oxygen atoms in total. The molecule has 11 heteroatoms. The van der Waals surface area contributed by atoms with E-state index >= 15 is 0 Å². The smallest absolute Gasteiger partial charge is 0.248 e. The number of aromatic nitrogens is 4. The first-order valence-corrected chi connectivity index (χ1v) is 15.6. The lowest BCUT2D eigenvalue weighted by molar-refractivity contribution is 0.212. The zero-order chi connectivity index (χ0) is 32.4. The minimum absolute atomic E-state index is 0.0654. The third-order valence-corrected chi connectivity index (χ3v) is 7.97. The summed E-state index contributed by atoms with van der Waals surface area (Å²) in [7, 11) is 5.32. The molecule has 4 aromatic rings. The van der Waals surface area contributed by atoms with Gasteiger partial charge in [-0.2, -0.15) is 4.98 Å². The molecule has 4 N–H and O–H groups in total. The van der Waals surface area contributed by atoms with Crippen LogP contribution in [0.5, 0.6) is 11.5 Å². The van der Waals surface area contributed by atoms with Crippen molar-refractivity contribution in [3.63, 3.8) is 0 Å². The van der Waals surface area contributed by atoms with Crippen LogP contribution in [0.15, 0.2) is 47.5 Å². The van der Waals surface area contributed by atoms with Crippen LogP contribution in [0.3, 0.4) is 0 Å². The van der Waals surface area contributed by atoms with Crippen LogP contribution in [0.1, 0.15) is 64.0 Å². The number of hydrogen-bond acceptors (Lipinski definition) is 10. The van der Waals surface area contributed by atoms with E-state index in [2.05, 4.69) is 41.4 Å². The van der Waals surface area contributed by atoms with Gasteiger partial charge in [0.2, 0.25) is 11.5 Å². The maximum absolute atomic E-state index is 12.5. The first-order valence-electron chi connectivity index (χ1n) is 15.6. The maximum Gasteiger partial charge on any atom is 0.248 e. The van der Waals surface area contributed by atoms with Crippen molar-refractivity contribution in [2.45, 2.75) is 71.5 Å². The summed E-state index contributed by atoms with van der Waals surface area (Å²) in [5.74, 6) is 2.30. The Morgan fingerprint density at radius 1 is 1.04 bits per heavy atom. The van der Waals surface area contributed by atoms with E-state index in [9.17, 15) is 9.90 Å². The largest absolute Gasteiger partial charge is 0.497 e. The molecule has 3 aromatic heterocycles. The number of rotatable bonds is 17. The summed E-state index contributed by atoms with van der Waals surface area (Å²) in [6.07, 6.45) is 8.48. The standard InChI is InChI=1S/C34H47N7O4/c1-7-9-13-34(3,22-42)40-32-31-28(38-33(39-32)37-18-23-11-12-26(44-5)16-29(23)45-6)15-24(19-36-31)27-17-30(43)35-20-25(27)21-41(4)14-10-8-2/h11-12,15-17,19-20,42H,7-10,13-14,18,21-22H2,1-6H3,(H,35,43)(H2,37,38,39,40)/t34-/m1/s1. The molecule has 3 heterocycles. The van der Waals surface area contributed by atoms with Gasteiger partial charge < -0.3 is 35.1 Å². The van der Waals surface area contributed by atoms with E-state index < -0.39 is 5.54 Å². The number of methoxy groups -OCH3 is 2. The Balaban J connectivity index is 1.77. The van der Waals surface area contributed by atoms with Gasteiger partial charge in [-0.1, -0.05) is 33.1 Å². The number of pyridine rings is 2. The molecule has 0 aliphatic rings. The summed E-state index contributed by atoms with van der Waals surface area (Å²) in [5, 5.41) is 17.2. The van der Waals surface area contributed by atoms with Crippen LogP contribution in [0, 0.1) is 0 Å². The third kappa shape index (κ3) is 8.70. The molecule has 45 heavy (non-hydrogen) atoms. The average Bonchev–Trinajstić information content (AvgIpc) is 3.05. The summed E-state index contributed by atoms with van der Waals surface area (Å²) in [4.78, 5) is 32.0. The number of ether oxygens (including phenoxy) is 2. The minimum atomic E-state index is -0.600. The lowest BCUT2D eigenvalue weighted by atomic mass is 9.96. The van der Waals surface area contributed by atoms with Crippen LogP contribution in [-0.4, -0.2) is 69.9 Å². The maximum atomic E-state index is 12.5. The fourth-order valence-electron chi connectivity index (χ4n) is 5.24. The highest BCUT2D eigenvalue weighted by molar-refractivity contribution is 5.89. The van der Waals surface area contributed by atoms with Crippen molar-refractivity contribution >= 4 is 22.8 Å². The molecular weight excluding hydrogens is 570 g/mol. The Hall–Kier alpha value is -4.22. The second-order valence-electron chi connectivity index (χ2n) is 11.8. The highest BCUT2D eigenvalue weighted by atomic mass is 16.5.